The number of nitrogen functional groups attached to an aromatic ring is 1. The lowest BCUT2D eigenvalue weighted by Gasteiger charge is -2.13. The molecule has 0 atom stereocenters. The van der Waals surface area contributed by atoms with E-state index in [2.05, 4.69) is 6.92 Å². The number of aryl methyl sites for hydroxylation is 1. The molecule has 0 aromatic heterocycles. The standard InChI is InChI=1S/C16H17ClN2O2/c1-3-10-4-6-14(15(8-10)20-2)21-13-7-5-11(16(18)19)9-12(13)17/h4-9H,3H2,1-2H3,(H3,18,19). The number of rotatable bonds is 5. The number of benzene rings is 2. The van der Waals surface area contributed by atoms with Crippen molar-refractivity contribution in [1.29, 1.82) is 5.41 Å². The van der Waals surface area contributed by atoms with Crippen LogP contribution < -0.4 is 15.2 Å². The van der Waals surface area contributed by atoms with Gasteiger partial charge in [0.25, 0.3) is 0 Å². The lowest BCUT2D eigenvalue weighted by Crippen LogP contribution is -2.10. The Morgan fingerprint density at radius 3 is 2.43 bits per heavy atom. The summed E-state index contributed by atoms with van der Waals surface area (Å²) in [5.41, 5.74) is 7.15. The van der Waals surface area contributed by atoms with Gasteiger partial charge in [0, 0.05) is 5.56 Å². The van der Waals surface area contributed by atoms with Gasteiger partial charge in [-0.05, 0) is 42.3 Å². The highest BCUT2D eigenvalue weighted by atomic mass is 35.5. The lowest BCUT2D eigenvalue weighted by atomic mass is 10.1. The molecule has 0 radical (unpaired) electrons. The first-order chi connectivity index (χ1) is 10.0. The zero-order chi connectivity index (χ0) is 15.4. The maximum absolute atomic E-state index is 7.39. The Hall–Kier alpha value is -2.20. The molecule has 0 aliphatic heterocycles. The van der Waals surface area contributed by atoms with Crippen molar-refractivity contribution >= 4 is 17.4 Å². The van der Waals surface area contributed by atoms with Gasteiger partial charge in [0.2, 0.25) is 0 Å². The van der Waals surface area contributed by atoms with Crippen LogP contribution in [0.2, 0.25) is 5.02 Å². The van der Waals surface area contributed by atoms with Gasteiger partial charge in [-0.1, -0.05) is 24.6 Å². The first-order valence-corrected chi connectivity index (χ1v) is 6.91. The fourth-order valence-electron chi connectivity index (χ4n) is 1.89. The third kappa shape index (κ3) is 3.47. The van der Waals surface area contributed by atoms with Gasteiger partial charge in [-0.2, -0.15) is 0 Å². The lowest BCUT2D eigenvalue weighted by molar-refractivity contribution is 0.378. The van der Waals surface area contributed by atoms with Crippen LogP contribution in [0.3, 0.4) is 0 Å². The average molecular weight is 305 g/mol. The highest BCUT2D eigenvalue weighted by Gasteiger charge is 2.10. The molecular weight excluding hydrogens is 288 g/mol. The van der Waals surface area contributed by atoms with E-state index in [1.807, 2.05) is 18.2 Å². The molecule has 21 heavy (non-hydrogen) atoms. The normalized spacial score (nSPS) is 10.2. The average Bonchev–Trinajstić information content (AvgIpc) is 2.49. The van der Waals surface area contributed by atoms with E-state index < -0.39 is 0 Å². The molecular formula is C16H17ClN2O2. The summed E-state index contributed by atoms with van der Waals surface area (Å²) in [7, 11) is 1.60. The Bertz CT molecular complexity index is 671. The number of hydrogen-bond donors (Lipinski definition) is 2. The highest BCUT2D eigenvalue weighted by molar-refractivity contribution is 6.32. The van der Waals surface area contributed by atoms with Gasteiger partial charge in [0.15, 0.2) is 11.5 Å². The minimum absolute atomic E-state index is 0.0340. The third-order valence-corrected chi connectivity index (χ3v) is 3.39. The SMILES string of the molecule is CCc1ccc(Oc2ccc(C(=N)N)cc2Cl)c(OC)c1. The Morgan fingerprint density at radius 2 is 1.86 bits per heavy atom. The van der Waals surface area contributed by atoms with Crippen LogP contribution in [0.5, 0.6) is 17.2 Å². The predicted octanol–water partition coefficient (Wildman–Crippen LogP) is 3.99. The van der Waals surface area contributed by atoms with Gasteiger partial charge in [-0.15, -0.1) is 0 Å². The largest absolute Gasteiger partial charge is 0.493 e. The molecule has 0 saturated carbocycles. The van der Waals surface area contributed by atoms with Crippen LogP contribution in [0.15, 0.2) is 36.4 Å². The molecule has 0 saturated heterocycles. The van der Waals surface area contributed by atoms with Crippen LogP contribution in [0, 0.1) is 5.41 Å². The molecule has 4 nitrogen and oxygen atoms in total. The summed E-state index contributed by atoms with van der Waals surface area (Å²) < 4.78 is 11.1. The molecule has 5 heteroatoms. The summed E-state index contributed by atoms with van der Waals surface area (Å²) in [5.74, 6) is 1.70. The van der Waals surface area contributed by atoms with Crippen LogP contribution in [-0.2, 0) is 6.42 Å². The van der Waals surface area contributed by atoms with E-state index in [4.69, 9.17) is 32.2 Å². The summed E-state index contributed by atoms with van der Waals surface area (Å²) in [4.78, 5) is 0. The molecule has 0 bridgehead atoms. The second kappa shape index (κ2) is 6.50. The molecule has 2 rings (SSSR count). The van der Waals surface area contributed by atoms with Crippen molar-refractivity contribution in [2.45, 2.75) is 13.3 Å². The smallest absolute Gasteiger partial charge is 0.169 e. The number of halogens is 1. The van der Waals surface area contributed by atoms with Gasteiger partial charge in [-0.3, -0.25) is 5.41 Å². The number of amidine groups is 1. The molecule has 0 aliphatic rings. The molecule has 0 aliphatic carbocycles. The van der Waals surface area contributed by atoms with Crippen LogP contribution in [0.25, 0.3) is 0 Å². The Balaban J connectivity index is 2.32. The summed E-state index contributed by atoms with van der Waals surface area (Å²) in [6.45, 7) is 2.08. The van der Waals surface area contributed by atoms with Gasteiger partial charge >= 0.3 is 0 Å². The molecule has 0 unspecified atom stereocenters. The van der Waals surface area contributed by atoms with Gasteiger partial charge in [-0.25, -0.2) is 0 Å². The highest BCUT2D eigenvalue weighted by Crippen LogP contribution is 2.36. The van der Waals surface area contributed by atoms with Crippen molar-refractivity contribution < 1.29 is 9.47 Å². The van der Waals surface area contributed by atoms with Crippen molar-refractivity contribution in [3.8, 4) is 17.2 Å². The van der Waals surface area contributed by atoms with E-state index in [-0.39, 0.29) is 5.84 Å². The summed E-state index contributed by atoms with van der Waals surface area (Å²) >= 11 is 6.16. The number of hydrogen-bond acceptors (Lipinski definition) is 3. The van der Waals surface area contributed by atoms with Gasteiger partial charge in [0.1, 0.15) is 11.6 Å². The minimum Gasteiger partial charge on any atom is -0.493 e. The third-order valence-electron chi connectivity index (χ3n) is 3.10. The number of methoxy groups -OCH3 is 1. The maximum Gasteiger partial charge on any atom is 0.169 e. The zero-order valence-electron chi connectivity index (χ0n) is 11.9. The number of ether oxygens (including phenoxy) is 2. The molecule has 0 amide bonds. The minimum atomic E-state index is -0.0340. The molecule has 110 valence electrons. The quantitative estimate of drug-likeness (QED) is 0.648. The van der Waals surface area contributed by atoms with Crippen molar-refractivity contribution in [3.63, 3.8) is 0 Å². The maximum atomic E-state index is 7.39. The molecule has 3 N–H and O–H groups in total. The Morgan fingerprint density at radius 1 is 1.14 bits per heavy atom. The van der Waals surface area contributed by atoms with Crippen LogP contribution in [0.1, 0.15) is 18.1 Å². The van der Waals surface area contributed by atoms with Crippen LogP contribution in [-0.4, -0.2) is 12.9 Å². The van der Waals surface area contributed by atoms with Crippen LogP contribution >= 0.6 is 11.6 Å². The zero-order valence-corrected chi connectivity index (χ0v) is 12.7. The molecule has 2 aromatic carbocycles. The van der Waals surface area contributed by atoms with E-state index in [0.29, 0.717) is 27.8 Å². The van der Waals surface area contributed by atoms with E-state index in [1.165, 1.54) is 0 Å². The summed E-state index contributed by atoms with van der Waals surface area (Å²) in [6.07, 6.45) is 0.921. The van der Waals surface area contributed by atoms with Gasteiger partial charge < -0.3 is 15.2 Å². The number of nitrogens with one attached hydrogen (secondary N) is 1. The van der Waals surface area contributed by atoms with Crippen molar-refractivity contribution in [1.82, 2.24) is 0 Å². The second-order valence-electron chi connectivity index (χ2n) is 4.50. The van der Waals surface area contributed by atoms with E-state index in [1.54, 1.807) is 25.3 Å². The van der Waals surface area contributed by atoms with E-state index in [0.717, 1.165) is 12.0 Å². The predicted molar refractivity (Wildman–Crippen MR) is 84.9 cm³/mol. The number of nitrogens with two attached hydrogens (primary N) is 1. The molecule has 2 aromatic rings. The van der Waals surface area contributed by atoms with E-state index in [9.17, 15) is 0 Å². The fourth-order valence-corrected chi connectivity index (χ4v) is 2.10. The summed E-state index contributed by atoms with van der Waals surface area (Å²) in [5, 5.41) is 7.78. The van der Waals surface area contributed by atoms with E-state index >= 15 is 0 Å². The topological polar surface area (TPSA) is 68.3 Å². The first kappa shape index (κ1) is 15.2. The van der Waals surface area contributed by atoms with Crippen molar-refractivity contribution in [3.05, 3.63) is 52.5 Å². The van der Waals surface area contributed by atoms with Gasteiger partial charge in [0.05, 0.1) is 12.1 Å². The molecule has 0 fully saturated rings. The first-order valence-electron chi connectivity index (χ1n) is 6.54. The fraction of sp³-hybridized carbons (Fsp3) is 0.188. The molecule has 0 heterocycles. The second-order valence-corrected chi connectivity index (χ2v) is 4.91. The van der Waals surface area contributed by atoms with Crippen molar-refractivity contribution in [2.75, 3.05) is 7.11 Å². The van der Waals surface area contributed by atoms with Crippen molar-refractivity contribution in [2.24, 2.45) is 5.73 Å². The Kier molecular flexibility index (Phi) is 4.70. The Labute approximate surface area is 129 Å². The summed E-state index contributed by atoms with van der Waals surface area (Å²) in [6, 6.07) is 10.8. The monoisotopic (exact) mass is 304 g/mol. The molecule has 0 spiro atoms. The van der Waals surface area contributed by atoms with Crippen LogP contribution in [0.4, 0.5) is 0 Å².